The molecule has 0 bridgehead atoms. The van der Waals surface area contributed by atoms with Gasteiger partial charge in [-0.05, 0) is 76.9 Å². The molecule has 1 fully saturated rings. The number of hydrogen-bond acceptors (Lipinski definition) is 5. The van der Waals surface area contributed by atoms with Crippen LogP contribution >= 0.6 is 0 Å². The molecule has 1 saturated heterocycles. The molecule has 168 valence electrons. The van der Waals surface area contributed by atoms with E-state index in [0.29, 0.717) is 0 Å². The lowest BCUT2D eigenvalue weighted by Crippen LogP contribution is -2.38. The molecule has 0 unspecified atom stereocenters. The third kappa shape index (κ3) is 6.55. The molecule has 1 aliphatic rings. The molecule has 2 aromatic rings. The van der Waals surface area contributed by atoms with Gasteiger partial charge in [0.15, 0.2) is 5.78 Å². The van der Waals surface area contributed by atoms with Crippen molar-refractivity contribution in [3.8, 4) is 11.5 Å². The molecule has 0 saturated carbocycles. The van der Waals surface area contributed by atoms with E-state index in [-0.39, 0.29) is 30.5 Å². The van der Waals surface area contributed by atoms with E-state index >= 15 is 0 Å². The average molecular weight is 426 g/mol. The maximum Gasteiger partial charge on any atom is 0.167 e. The number of aliphatic hydroxyl groups excluding tert-OH is 1. The summed E-state index contributed by atoms with van der Waals surface area (Å²) in [6.45, 7) is 10.3. The Labute approximate surface area is 186 Å². The van der Waals surface area contributed by atoms with Gasteiger partial charge in [0.2, 0.25) is 0 Å². The molecule has 1 heterocycles. The van der Waals surface area contributed by atoms with Crippen LogP contribution in [0, 0.1) is 5.92 Å². The first-order chi connectivity index (χ1) is 14.9. The van der Waals surface area contributed by atoms with E-state index in [1.807, 2.05) is 64.1 Å². The molecule has 5 nitrogen and oxygen atoms in total. The van der Waals surface area contributed by atoms with Crippen LogP contribution in [0.5, 0.6) is 11.5 Å². The van der Waals surface area contributed by atoms with Gasteiger partial charge in [-0.2, -0.15) is 0 Å². The van der Waals surface area contributed by atoms with Crippen LogP contribution in [0.25, 0.3) is 0 Å². The zero-order valence-electron chi connectivity index (χ0n) is 19.1. The van der Waals surface area contributed by atoms with Gasteiger partial charge in [0.1, 0.15) is 11.5 Å². The first-order valence-corrected chi connectivity index (χ1v) is 11.3. The van der Waals surface area contributed by atoms with Crippen molar-refractivity contribution < 1.29 is 19.4 Å². The minimum Gasteiger partial charge on any atom is -0.491 e. The second-order valence-corrected chi connectivity index (χ2v) is 8.90. The number of aliphatic hydroxyl groups is 1. The Bertz CT molecular complexity index is 877. The Kier molecular flexibility index (Phi) is 8.10. The fraction of sp³-hybridized carbons (Fsp3) is 0.500. The van der Waals surface area contributed by atoms with Crippen LogP contribution in [-0.4, -0.2) is 41.1 Å². The number of benzene rings is 2. The summed E-state index contributed by atoms with van der Waals surface area (Å²) in [5.41, 5.74) is 2.65. The molecular formula is C26H35NO4. The van der Waals surface area contributed by atoms with Crippen LogP contribution in [0.15, 0.2) is 42.5 Å². The standard InChI is InChI=1S/C26H35NO4/c1-18(2)30-24-9-5-7-21(14-24)26(29)22-8-6-12-27(16-22)15-20-10-11-25(31-19(3)4)23(13-20)17-28/h5,7,9-11,13-14,18-19,22,28H,6,8,12,15-17H2,1-4H3/t22-/m0/s1. The molecule has 1 N–H and O–H groups in total. The third-order valence-corrected chi connectivity index (χ3v) is 5.43. The highest BCUT2D eigenvalue weighted by Gasteiger charge is 2.27. The van der Waals surface area contributed by atoms with Gasteiger partial charge in [-0.25, -0.2) is 0 Å². The first-order valence-electron chi connectivity index (χ1n) is 11.3. The highest BCUT2D eigenvalue weighted by Crippen LogP contribution is 2.26. The topological polar surface area (TPSA) is 59.0 Å². The second-order valence-electron chi connectivity index (χ2n) is 8.90. The van der Waals surface area contributed by atoms with Crippen LogP contribution < -0.4 is 9.47 Å². The van der Waals surface area contributed by atoms with E-state index in [2.05, 4.69) is 11.0 Å². The van der Waals surface area contributed by atoms with E-state index in [0.717, 1.165) is 60.7 Å². The molecule has 0 aromatic heterocycles. The minimum absolute atomic E-state index is 0.0103. The first kappa shape index (κ1) is 23.3. The highest BCUT2D eigenvalue weighted by atomic mass is 16.5. The number of Topliss-reactive ketones (excluding diaryl/α,β-unsaturated/α-hetero) is 1. The summed E-state index contributed by atoms with van der Waals surface area (Å²) in [5, 5.41) is 9.73. The van der Waals surface area contributed by atoms with Gasteiger partial charge < -0.3 is 14.6 Å². The average Bonchev–Trinajstić information content (AvgIpc) is 2.74. The number of carbonyl (C=O) groups is 1. The molecule has 0 aliphatic carbocycles. The smallest absolute Gasteiger partial charge is 0.167 e. The van der Waals surface area contributed by atoms with Crippen molar-refractivity contribution in [2.45, 2.75) is 65.9 Å². The molecular weight excluding hydrogens is 390 g/mol. The predicted molar refractivity (Wildman–Crippen MR) is 123 cm³/mol. The monoisotopic (exact) mass is 425 g/mol. The molecule has 5 heteroatoms. The lowest BCUT2D eigenvalue weighted by Gasteiger charge is -2.32. The number of hydrogen-bond donors (Lipinski definition) is 1. The molecule has 0 spiro atoms. The molecule has 31 heavy (non-hydrogen) atoms. The van der Waals surface area contributed by atoms with E-state index in [9.17, 15) is 9.90 Å². The van der Waals surface area contributed by atoms with E-state index in [1.165, 1.54) is 0 Å². The molecule has 3 rings (SSSR count). The SMILES string of the molecule is CC(C)Oc1cccc(C(=O)[C@H]2CCCN(Cc3ccc(OC(C)C)c(CO)c3)C2)c1. The van der Waals surface area contributed by atoms with Crippen LogP contribution in [0.1, 0.15) is 62.0 Å². The van der Waals surface area contributed by atoms with Gasteiger partial charge in [0.05, 0.1) is 18.8 Å². The summed E-state index contributed by atoms with van der Waals surface area (Å²) >= 11 is 0. The number of rotatable bonds is 9. The van der Waals surface area contributed by atoms with E-state index in [1.54, 1.807) is 0 Å². The number of ether oxygens (including phenoxy) is 2. The van der Waals surface area contributed by atoms with Gasteiger partial charge in [0.25, 0.3) is 0 Å². The fourth-order valence-electron chi connectivity index (χ4n) is 4.13. The van der Waals surface area contributed by atoms with E-state index < -0.39 is 0 Å². The normalized spacial score (nSPS) is 17.2. The summed E-state index contributed by atoms with van der Waals surface area (Å²) < 4.78 is 11.5. The maximum atomic E-state index is 13.2. The quantitative estimate of drug-likeness (QED) is 0.582. The van der Waals surface area contributed by atoms with Crippen molar-refractivity contribution in [3.05, 3.63) is 59.2 Å². The number of carbonyl (C=O) groups excluding carboxylic acids is 1. The number of piperidine rings is 1. The van der Waals surface area contributed by atoms with Crippen LogP contribution in [-0.2, 0) is 13.2 Å². The number of nitrogens with zero attached hydrogens (tertiary/aromatic N) is 1. The summed E-state index contributed by atoms with van der Waals surface area (Å²) in [6, 6.07) is 13.5. The molecule has 1 atom stereocenters. The van der Waals surface area contributed by atoms with Gasteiger partial charge >= 0.3 is 0 Å². The van der Waals surface area contributed by atoms with Gasteiger partial charge in [-0.15, -0.1) is 0 Å². The molecule has 0 amide bonds. The maximum absolute atomic E-state index is 13.2. The van der Waals surface area contributed by atoms with Gasteiger partial charge in [0, 0.05) is 30.1 Å². The van der Waals surface area contributed by atoms with Crippen molar-refractivity contribution in [2.75, 3.05) is 13.1 Å². The second kappa shape index (κ2) is 10.8. The summed E-state index contributed by atoms with van der Waals surface area (Å²) in [6.07, 6.45) is 2.05. The Morgan fingerprint density at radius 3 is 2.58 bits per heavy atom. The highest BCUT2D eigenvalue weighted by molar-refractivity contribution is 5.98. The molecule has 0 radical (unpaired) electrons. The van der Waals surface area contributed by atoms with Crippen LogP contribution in [0.3, 0.4) is 0 Å². The largest absolute Gasteiger partial charge is 0.491 e. The van der Waals surface area contributed by atoms with Gasteiger partial charge in [-0.3, -0.25) is 9.69 Å². The van der Waals surface area contributed by atoms with Crippen LogP contribution in [0.2, 0.25) is 0 Å². The fourth-order valence-corrected chi connectivity index (χ4v) is 4.13. The zero-order valence-corrected chi connectivity index (χ0v) is 19.1. The summed E-state index contributed by atoms with van der Waals surface area (Å²) in [4.78, 5) is 15.5. The minimum atomic E-state index is -0.0498. The Morgan fingerprint density at radius 1 is 1.10 bits per heavy atom. The lowest BCUT2D eigenvalue weighted by molar-refractivity contribution is 0.0811. The number of ketones is 1. The van der Waals surface area contributed by atoms with Crippen molar-refractivity contribution in [1.29, 1.82) is 0 Å². The van der Waals surface area contributed by atoms with Gasteiger partial charge in [-0.1, -0.05) is 18.2 Å². The lowest BCUT2D eigenvalue weighted by atomic mass is 9.89. The van der Waals surface area contributed by atoms with Crippen molar-refractivity contribution >= 4 is 5.78 Å². The third-order valence-electron chi connectivity index (χ3n) is 5.43. The summed E-state index contributed by atoms with van der Waals surface area (Å²) in [5.74, 6) is 1.66. The van der Waals surface area contributed by atoms with Crippen LogP contribution in [0.4, 0.5) is 0 Å². The molecule has 2 aromatic carbocycles. The number of likely N-dealkylation sites (tertiary alicyclic amines) is 1. The Morgan fingerprint density at radius 2 is 1.87 bits per heavy atom. The van der Waals surface area contributed by atoms with Crippen molar-refractivity contribution in [3.63, 3.8) is 0 Å². The molecule has 1 aliphatic heterocycles. The Balaban J connectivity index is 1.66. The summed E-state index contributed by atoms with van der Waals surface area (Å²) in [7, 11) is 0. The Hall–Kier alpha value is -2.37. The predicted octanol–water partition coefficient (Wildman–Crippen LogP) is 4.85. The van der Waals surface area contributed by atoms with Crippen molar-refractivity contribution in [2.24, 2.45) is 5.92 Å². The van der Waals surface area contributed by atoms with E-state index in [4.69, 9.17) is 9.47 Å². The zero-order chi connectivity index (χ0) is 22.4. The van der Waals surface area contributed by atoms with Crippen molar-refractivity contribution in [1.82, 2.24) is 4.90 Å².